The Bertz CT molecular complexity index is 143. The van der Waals surface area contributed by atoms with E-state index in [9.17, 15) is 5.11 Å². The second kappa shape index (κ2) is 9.02. The first-order chi connectivity index (χ1) is 7.11. The summed E-state index contributed by atoms with van der Waals surface area (Å²) in [5.74, 6) is 0. The second-order valence-electron chi connectivity index (χ2n) is 3.35. The largest absolute Gasteiger partial charge is 0.396 e. The molecule has 0 aliphatic rings. The van der Waals surface area contributed by atoms with E-state index in [1.807, 2.05) is 0 Å². The summed E-state index contributed by atoms with van der Waals surface area (Å²) in [6.45, 7) is -0.450. The molecule has 15 heavy (non-hydrogen) atoms. The lowest BCUT2D eigenvalue weighted by Gasteiger charge is -2.16. The van der Waals surface area contributed by atoms with Crippen LogP contribution in [0.25, 0.3) is 0 Å². The Hall–Kier alpha value is -0.240. The number of hydrogen-bond donors (Lipinski definition) is 5. The highest BCUT2D eigenvalue weighted by Gasteiger charge is 2.15. The molecule has 0 rings (SSSR count). The van der Waals surface area contributed by atoms with Crippen molar-refractivity contribution in [3.8, 4) is 0 Å². The Morgan fingerprint density at radius 2 is 1.60 bits per heavy atom. The molecule has 0 aliphatic heterocycles. The summed E-state index contributed by atoms with van der Waals surface area (Å²) < 4.78 is 4.97. The lowest BCUT2D eigenvalue weighted by Crippen LogP contribution is -2.33. The molecule has 0 aliphatic carbocycles. The predicted molar refractivity (Wildman–Crippen MR) is 52.2 cm³/mol. The zero-order valence-electron chi connectivity index (χ0n) is 8.62. The zero-order valence-corrected chi connectivity index (χ0v) is 8.62. The molecule has 0 fully saturated rings. The molecule has 0 radical (unpaired) electrons. The maximum Gasteiger partial charge on any atom is 0.105 e. The number of aliphatic hydroxyl groups excluding tert-OH is 5. The summed E-state index contributed by atoms with van der Waals surface area (Å²) >= 11 is 0. The minimum Gasteiger partial charge on any atom is -0.396 e. The Kier molecular flexibility index (Phi) is 8.88. The van der Waals surface area contributed by atoms with Crippen LogP contribution in [-0.4, -0.2) is 70.3 Å². The lowest BCUT2D eigenvalue weighted by molar-refractivity contribution is -0.0602. The maximum atomic E-state index is 9.18. The first-order valence-corrected chi connectivity index (χ1v) is 4.95. The van der Waals surface area contributed by atoms with Gasteiger partial charge in [-0.2, -0.15) is 0 Å². The summed E-state index contributed by atoms with van der Waals surface area (Å²) in [6, 6.07) is 0. The van der Waals surface area contributed by atoms with Crippen LogP contribution in [0.4, 0.5) is 0 Å². The van der Waals surface area contributed by atoms with Gasteiger partial charge in [-0.25, -0.2) is 0 Å². The van der Waals surface area contributed by atoms with Gasteiger partial charge < -0.3 is 30.3 Å². The van der Waals surface area contributed by atoms with Gasteiger partial charge in [0.25, 0.3) is 0 Å². The summed E-state index contributed by atoms with van der Waals surface area (Å²) in [6.07, 6.45) is -2.28. The summed E-state index contributed by atoms with van der Waals surface area (Å²) in [4.78, 5) is 0. The summed E-state index contributed by atoms with van der Waals surface area (Å²) in [7, 11) is 0. The summed E-state index contributed by atoms with van der Waals surface area (Å²) in [5.41, 5.74) is 0. The first kappa shape index (κ1) is 14.8. The van der Waals surface area contributed by atoms with E-state index in [1.54, 1.807) is 0 Å². The van der Waals surface area contributed by atoms with E-state index in [1.165, 1.54) is 0 Å². The van der Waals surface area contributed by atoms with Crippen LogP contribution in [0, 0.1) is 0 Å². The van der Waals surface area contributed by atoms with Crippen molar-refractivity contribution in [2.45, 2.75) is 31.2 Å². The minimum absolute atomic E-state index is 0.0764. The van der Waals surface area contributed by atoms with Crippen molar-refractivity contribution in [3.05, 3.63) is 0 Å². The molecule has 0 amide bonds. The Morgan fingerprint density at radius 1 is 0.933 bits per heavy atom. The van der Waals surface area contributed by atoms with Gasteiger partial charge in [-0.1, -0.05) is 0 Å². The molecule has 0 aromatic rings. The number of aliphatic hydroxyl groups is 5. The molecule has 0 bridgehead atoms. The van der Waals surface area contributed by atoms with E-state index >= 15 is 0 Å². The summed E-state index contributed by atoms with van der Waals surface area (Å²) in [5, 5.41) is 44.3. The van der Waals surface area contributed by atoms with Crippen LogP contribution in [0.2, 0.25) is 0 Å². The van der Waals surface area contributed by atoms with Gasteiger partial charge in [-0.05, 0) is 12.8 Å². The predicted octanol–water partition coefficient (Wildman–Crippen LogP) is -2.15. The zero-order chi connectivity index (χ0) is 11.7. The number of ether oxygens (including phenoxy) is 1. The maximum absolute atomic E-state index is 9.18. The van der Waals surface area contributed by atoms with Gasteiger partial charge in [-0.15, -0.1) is 0 Å². The normalized spacial score (nSPS) is 17.4. The van der Waals surface area contributed by atoms with Gasteiger partial charge in [0.15, 0.2) is 0 Å². The molecule has 1 unspecified atom stereocenters. The highest BCUT2D eigenvalue weighted by Crippen LogP contribution is 1.99. The van der Waals surface area contributed by atoms with Crippen LogP contribution in [-0.2, 0) is 4.74 Å². The molecule has 0 heterocycles. The molecule has 5 N–H and O–H groups in total. The van der Waals surface area contributed by atoms with E-state index in [4.69, 9.17) is 25.2 Å². The van der Waals surface area contributed by atoms with Crippen LogP contribution in [0.5, 0.6) is 0 Å². The number of hydrogen-bond acceptors (Lipinski definition) is 6. The third-order valence-corrected chi connectivity index (χ3v) is 1.98. The van der Waals surface area contributed by atoms with Crippen molar-refractivity contribution in [3.63, 3.8) is 0 Å². The van der Waals surface area contributed by atoms with Crippen molar-refractivity contribution in [1.82, 2.24) is 0 Å². The smallest absolute Gasteiger partial charge is 0.105 e. The molecule has 0 aromatic heterocycles. The molecule has 6 heteroatoms. The Balaban J connectivity index is 3.37. The van der Waals surface area contributed by atoms with Crippen molar-refractivity contribution in [2.24, 2.45) is 0 Å². The first-order valence-electron chi connectivity index (χ1n) is 4.95. The quantitative estimate of drug-likeness (QED) is 0.286. The van der Waals surface area contributed by atoms with Crippen LogP contribution in [0.3, 0.4) is 0 Å². The molecular formula is C9H20O6. The van der Waals surface area contributed by atoms with Gasteiger partial charge in [0.1, 0.15) is 12.2 Å². The van der Waals surface area contributed by atoms with Crippen molar-refractivity contribution in [2.75, 3.05) is 26.4 Å². The van der Waals surface area contributed by atoms with Gasteiger partial charge in [0.05, 0.1) is 19.3 Å². The van der Waals surface area contributed by atoms with Gasteiger partial charge in [0.2, 0.25) is 0 Å². The minimum atomic E-state index is -1.20. The molecule has 0 saturated heterocycles. The van der Waals surface area contributed by atoms with Crippen LogP contribution >= 0.6 is 0 Å². The fraction of sp³-hybridized carbons (Fsp3) is 1.00. The SMILES string of the molecule is OCCC(O)CCOC[C@H](O)[C@H](O)CO. The third-order valence-electron chi connectivity index (χ3n) is 1.98. The van der Waals surface area contributed by atoms with E-state index in [0.717, 1.165) is 0 Å². The van der Waals surface area contributed by atoms with E-state index in [2.05, 4.69) is 0 Å². The average Bonchev–Trinajstić information content (AvgIpc) is 2.23. The molecule has 6 nitrogen and oxygen atoms in total. The highest BCUT2D eigenvalue weighted by molar-refractivity contribution is 4.64. The standard InChI is InChI=1S/C9H20O6/c10-3-1-7(12)2-4-15-6-9(14)8(13)5-11/h7-14H,1-6H2/t7?,8-,9+/m1/s1. The third kappa shape index (κ3) is 7.66. The van der Waals surface area contributed by atoms with Crippen molar-refractivity contribution >= 4 is 0 Å². The molecule has 0 aromatic carbocycles. The fourth-order valence-corrected chi connectivity index (χ4v) is 0.950. The Morgan fingerprint density at radius 3 is 2.13 bits per heavy atom. The van der Waals surface area contributed by atoms with Crippen LogP contribution < -0.4 is 0 Å². The van der Waals surface area contributed by atoms with E-state index in [0.29, 0.717) is 12.8 Å². The molecule has 0 saturated carbocycles. The molecule has 92 valence electrons. The van der Waals surface area contributed by atoms with Gasteiger partial charge in [0, 0.05) is 13.2 Å². The highest BCUT2D eigenvalue weighted by atomic mass is 16.5. The van der Waals surface area contributed by atoms with E-state index < -0.39 is 24.9 Å². The lowest BCUT2D eigenvalue weighted by atomic mass is 10.2. The van der Waals surface area contributed by atoms with Gasteiger partial charge >= 0.3 is 0 Å². The number of rotatable bonds is 9. The fourth-order valence-electron chi connectivity index (χ4n) is 0.950. The van der Waals surface area contributed by atoms with Gasteiger partial charge in [-0.3, -0.25) is 0 Å². The topological polar surface area (TPSA) is 110 Å². The van der Waals surface area contributed by atoms with Crippen LogP contribution in [0.1, 0.15) is 12.8 Å². The van der Waals surface area contributed by atoms with Crippen molar-refractivity contribution < 1.29 is 30.3 Å². The molecule has 0 spiro atoms. The monoisotopic (exact) mass is 224 g/mol. The Labute approximate surface area is 88.7 Å². The average molecular weight is 224 g/mol. The van der Waals surface area contributed by atoms with E-state index in [-0.39, 0.29) is 19.8 Å². The van der Waals surface area contributed by atoms with Crippen molar-refractivity contribution in [1.29, 1.82) is 0 Å². The molecular weight excluding hydrogens is 204 g/mol. The molecule has 3 atom stereocenters. The van der Waals surface area contributed by atoms with Crippen LogP contribution in [0.15, 0.2) is 0 Å². The second-order valence-corrected chi connectivity index (χ2v) is 3.35.